The lowest BCUT2D eigenvalue weighted by Crippen LogP contribution is -2.44. The molecule has 0 atom stereocenters. The summed E-state index contributed by atoms with van der Waals surface area (Å²) in [5.74, 6) is -0.568. The molecule has 3 rings (SSSR count). The number of Topliss-reactive ketones (excluding diaryl/α,β-unsaturated/α-hetero) is 1. The minimum Gasteiger partial charge on any atom is -0.433 e. The molecule has 1 aliphatic heterocycles. The van der Waals surface area contributed by atoms with Crippen LogP contribution in [0.25, 0.3) is 11.5 Å². The maximum atomic E-state index is 13.0. The quantitative estimate of drug-likeness (QED) is 0.523. The van der Waals surface area contributed by atoms with Crippen molar-refractivity contribution in [1.82, 2.24) is 20.1 Å². The third-order valence-corrected chi connectivity index (χ3v) is 5.68. The van der Waals surface area contributed by atoms with Crippen molar-refractivity contribution in [3.8, 4) is 11.5 Å². The van der Waals surface area contributed by atoms with E-state index in [0.717, 1.165) is 31.7 Å². The van der Waals surface area contributed by atoms with Crippen molar-refractivity contribution in [2.45, 2.75) is 33.2 Å². The Labute approximate surface area is 194 Å². The number of aromatic nitrogens is 1. The Balaban J connectivity index is 1.71. The number of hydrogen-bond acceptors (Lipinski definition) is 7. The monoisotopic (exact) mass is 455 g/mol. The number of oxazole rings is 1. The number of nitrogens with one attached hydrogen (secondary N) is 1. The second kappa shape index (κ2) is 10.7. The van der Waals surface area contributed by atoms with E-state index in [2.05, 4.69) is 27.1 Å². The predicted octanol–water partition coefficient (Wildman–Crippen LogP) is 1.68. The van der Waals surface area contributed by atoms with Crippen LogP contribution in [0.1, 0.15) is 42.9 Å². The van der Waals surface area contributed by atoms with Crippen LogP contribution in [0, 0.1) is 5.41 Å². The number of hydrogen-bond donors (Lipinski definition) is 2. The number of ketones is 1. The predicted molar refractivity (Wildman–Crippen MR) is 124 cm³/mol. The largest absolute Gasteiger partial charge is 0.433 e. The highest BCUT2D eigenvalue weighted by molar-refractivity contribution is 5.98. The summed E-state index contributed by atoms with van der Waals surface area (Å²) in [6.45, 7) is 7.53. The highest BCUT2D eigenvalue weighted by Gasteiger charge is 2.27. The molecule has 1 fully saturated rings. The van der Waals surface area contributed by atoms with Gasteiger partial charge in [0.15, 0.2) is 5.76 Å². The van der Waals surface area contributed by atoms with Crippen molar-refractivity contribution in [1.29, 1.82) is 0 Å². The van der Waals surface area contributed by atoms with Gasteiger partial charge in [0.05, 0.1) is 6.54 Å². The fourth-order valence-corrected chi connectivity index (χ4v) is 3.89. The summed E-state index contributed by atoms with van der Waals surface area (Å²) in [5, 5.41) is 2.65. The van der Waals surface area contributed by atoms with Gasteiger partial charge in [0, 0.05) is 51.1 Å². The molecule has 178 valence electrons. The fourth-order valence-electron chi connectivity index (χ4n) is 3.89. The van der Waals surface area contributed by atoms with E-state index in [1.165, 1.54) is 0 Å². The molecule has 0 aliphatic carbocycles. The van der Waals surface area contributed by atoms with Crippen LogP contribution in [0.5, 0.6) is 0 Å². The zero-order chi connectivity index (χ0) is 24.0. The topological polar surface area (TPSA) is 122 Å². The van der Waals surface area contributed by atoms with Crippen LogP contribution in [-0.2, 0) is 16.1 Å². The molecule has 3 N–H and O–H groups in total. The fraction of sp³-hybridized carbons (Fsp3) is 0.500. The molecule has 33 heavy (non-hydrogen) atoms. The van der Waals surface area contributed by atoms with Gasteiger partial charge in [-0.05, 0) is 24.6 Å². The number of likely N-dealkylation sites (N-methyl/N-ethyl adjacent to an activating group) is 1. The normalized spacial score (nSPS) is 15.4. The van der Waals surface area contributed by atoms with Crippen LogP contribution in [0.15, 0.2) is 34.7 Å². The number of amides is 2. The first-order chi connectivity index (χ1) is 15.6. The molecule has 0 saturated carbocycles. The minimum absolute atomic E-state index is 0.0864. The number of rotatable bonds is 10. The maximum absolute atomic E-state index is 13.0. The van der Waals surface area contributed by atoms with Crippen molar-refractivity contribution < 1.29 is 18.8 Å². The second-order valence-electron chi connectivity index (χ2n) is 9.42. The van der Waals surface area contributed by atoms with Crippen LogP contribution in [0.3, 0.4) is 0 Å². The standard InChI is InChI=1S/C24H33N5O4/c1-24(2,13-20(25)31)14-21(32)26-15-19(30)22-18(16-29-11-9-28(3)10-12-29)27-23(33-22)17-7-5-4-6-8-17/h4-8H,9-16H2,1-3H3,(H2,25,31)(H,26,32). The first kappa shape index (κ1) is 24.6. The van der Waals surface area contributed by atoms with E-state index in [4.69, 9.17) is 10.2 Å². The van der Waals surface area contributed by atoms with Gasteiger partial charge in [-0.15, -0.1) is 0 Å². The van der Waals surface area contributed by atoms with E-state index in [0.29, 0.717) is 18.1 Å². The van der Waals surface area contributed by atoms with Gasteiger partial charge in [0.25, 0.3) is 0 Å². The molecule has 0 spiro atoms. The Bertz CT molecular complexity index is 978. The van der Waals surface area contributed by atoms with Gasteiger partial charge in [-0.1, -0.05) is 32.0 Å². The third-order valence-electron chi connectivity index (χ3n) is 5.68. The lowest BCUT2D eigenvalue weighted by atomic mass is 9.85. The van der Waals surface area contributed by atoms with Crippen molar-refractivity contribution in [2.75, 3.05) is 39.8 Å². The summed E-state index contributed by atoms with van der Waals surface area (Å²) in [4.78, 5) is 45.7. The average molecular weight is 456 g/mol. The summed E-state index contributed by atoms with van der Waals surface area (Å²) in [5.41, 5.74) is 6.03. The second-order valence-corrected chi connectivity index (χ2v) is 9.42. The van der Waals surface area contributed by atoms with E-state index < -0.39 is 11.3 Å². The minimum atomic E-state index is -0.585. The van der Waals surface area contributed by atoms with Gasteiger partial charge < -0.3 is 20.4 Å². The smallest absolute Gasteiger partial charge is 0.227 e. The van der Waals surface area contributed by atoms with E-state index in [1.54, 1.807) is 13.8 Å². The molecule has 1 aromatic carbocycles. The molecule has 1 aliphatic rings. The Morgan fingerprint density at radius 1 is 1.09 bits per heavy atom. The first-order valence-corrected chi connectivity index (χ1v) is 11.2. The van der Waals surface area contributed by atoms with Crippen LogP contribution in [-0.4, -0.2) is 72.2 Å². The molecule has 2 aromatic rings. The van der Waals surface area contributed by atoms with Crippen LogP contribution < -0.4 is 11.1 Å². The lowest BCUT2D eigenvalue weighted by Gasteiger charge is -2.31. The summed E-state index contributed by atoms with van der Waals surface area (Å²) in [7, 11) is 2.09. The van der Waals surface area contributed by atoms with Crippen LogP contribution in [0.4, 0.5) is 0 Å². The molecular formula is C24H33N5O4. The number of benzene rings is 1. The van der Waals surface area contributed by atoms with E-state index in [9.17, 15) is 14.4 Å². The number of nitrogens with two attached hydrogens (primary N) is 1. The Morgan fingerprint density at radius 3 is 2.39 bits per heavy atom. The zero-order valence-electron chi connectivity index (χ0n) is 19.6. The van der Waals surface area contributed by atoms with E-state index in [1.807, 2.05) is 30.3 Å². The van der Waals surface area contributed by atoms with Gasteiger partial charge in [0.2, 0.25) is 23.5 Å². The summed E-state index contributed by atoms with van der Waals surface area (Å²) < 4.78 is 5.90. The van der Waals surface area contributed by atoms with E-state index >= 15 is 0 Å². The molecular weight excluding hydrogens is 422 g/mol. The number of carbonyl (C=O) groups is 3. The van der Waals surface area contributed by atoms with Gasteiger partial charge in [-0.2, -0.15) is 0 Å². The van der Waals surface area contributed by atoms with Crippen molar-refractivity contribution in [2.24, 2.45) is 11.1 Å². The Hall–Kier alpha value is -3.04. The summed E-state index contributed by atoms with van der Waals surface area (Å²) >= 11 is 0. The number of piperazine rings is 1. The number of nitrogens with zero attached hydrogens (tertiary/aromatic N) is 3. The van der Waals surface area contributed by atoms with Gasteiger partial charge in [-0.3, -0.25) is 19.3 Å². The number of carbonyl (C=O) groups excluding carboxylic acids is 3. The Kier molecular flexibility index (Phi) is 7.99. The SMILES string of the molecule is CN1CCN(Cc2nc(-c3ccccc3)oc2C(=O)CNC(=O)CC(C)(C)CC(N)=O)CC1. The molecule has 9 nitrogen and oxygen atoms in total. The van der Waals surface area contributed by atoms with Gasteiger partial charge in [-0.25, -0.2) is 4.98 Å². The van der Waals surface area contributed by atoms with Crippen molar-refractivity contribution in [3.63, 3.8) is 0 Å². The first-order valence-electron chi connectivity index (χ1n) is 11.2. The highest BCUT2D eigenvalue weighted by atomic mass is 16.4. The van der Waals surface area contributed by atoms with Gasteiger partial charge >= 0.3 is 0 Å². The third kappa shape index (κ3) is 7.23. The molecule has 0 bridgehead atoms. The zero-order valence-corrected chi connectivity index (χ0v) is 19.6. The number of primary amides is 1. The van der Waals surface area contributed by atoms with Crippen molar-refractivity contribution in [3.05, 3.63) is 41.8 Å². The molecule has 0 unspecified atom stereocenters. The van der Waals surface area contributed by atoms with E-state index in [-0.39, 0.29) is 36.8 Å². The summed E-state index contributed by atoms with van der Waals surface area (Å²) in [6.07, 6.45) is 0.176. The van der Waals surface area contributed by atoms with Crippen LogP contribution >= 0.6 is 0 Å². The molecule has 1 saturated heterocycles. The van der Waals surface area contributed by atoms with Crippen LogP contribution in [0.2, 0.25) is 0 Å². The van der Waals surface area contributed by atoms with Crippen molar-refractivity contribution >= 4 is 17.6 Å². The molecule has 2 heterocycles. The maximum Gasteiger partial charge on any atom is 0.227 e. The van der Waals surface area contributed by atoms with Gasteiger partial charge in [0.1, 0.15) is 5.69 Å². The summed E-state index contributed by atoms with van der Waals surface area (Å²) in [6, 6.07) is 9.42. The molecule has 9 heteroatoms. The lowest BCUT2D eigenvalue weighted by molar-refractivity contribution is -0.124. The average Bonchev–Trinajstić information content (AvgIpc) is 3.17. The molecule has 0 radical (unpaired) electrons. The Morgan fingerprint density at radius 2 is 1.76 bits per heavy atom. The molecule has 2 amide bonds. The molecule has 1 aromatic heterocycles. The highest BCUT2D eigenvalue weighted by Crippen LogP contribution is 2.25.